The van der Waals surface area contributed by atoms with Crippen LogP contribution in [0.3, 0.4) is 0 Å². The molecule has 178 valence electrons. The van der Waals surface area contributed by atoms with Crippen LogP contribution in [0, 0.1) is 26.0 Å². The second-order valence-electron chi connectivity index (χ2n) is 9.78. The van der Waals surface area contributed by atoms with Crippen molar-refractivity contribution >= 4 is 7.63 Å². The molecule has 33 heavy (non-hydrogen) atoms. The fraction of sp³-hybridized carbons (Fsp3) is 0.419. The Morgan fingerprint density at radius 1 is 0.848 bits per heavy atom. The van der Waals surface area contributed by atoms with Gasteiger partial charge in [-0.2, -0.15) is 43.7 Å². The van der Waals surface area contributed by atoms with E-state index in [4.69, 9.17) is 0 Å². The van der Waals surface area contributed by atoms with Gasteiger partial charge < -0.3 is 13.8 Å². The molecule has 0 aromatic heterocycles. The molecule has 0 unspecified atom stereocenters. The number of rotatable bonds is 0. The monoisotopic (exact) mass is 490 g/mol. The van der Waals surface area contributed by atoms with Gasteiger partial charge >= 0.3 is 26.8 Å². The van der Waals surface area contributed by atoms with Crippen LogP contribution >= 0.6 is 0 Å². The van der Waals surface area contributed by atoms with Gasteiger partial charge in [0.2, 0.25) is 0 Å². The topological polar surface area (TPSA) is 0 Å². The van der Waals surface area contributed by atoms with Crippen molar-refractivity contribution in [3.8, 4) is 11.1 Å². The van der Waals surface area contributed by atoms with Gasteiger partial charge in [-0.1, -0.05) is 72.2 Å². The fourth-order valence-corrected chi connectivity index (χ4v) is 3.54. The van der Waals surface area contributed by atoms with Gasteiger partial charge in [-0.05, 0) is 28.4 Å². The Hall–Kier alpha value is -1.15. The van der Waals surface area contributed by atoms with Crippen LogP contribution in [0.2, 0.25) is 0 Å². The quantitative estimate of drug-likeness (QED) is 0.218. The van der Waals surface area contributed by atoms with Gasteiger partial charge in [-0.15, -0.1) is 17.5 Å². The molecule has 2 aromatic rings. The average Bonchev–Trinajstić information content (AvgIpc) is 3.42. The maximum atomic E-state index is 3.67. The summed E-state index contributed by atoms with van der Waals surface area (Å²) in [6, 6.07) is 15.2. The molecule has 0 amide bonds. The van der Waals surface area contributed by atoms with Gasteiger partial charge in [0.15, 0.2) is 0 Å². The molecule has 0 saturated carbocycles. The van der Waals surface area contributed by atoms with Crippen LogP contribution in [0.15, 0.2) is 48.1 Å². The van der Waals surface area contributed by atoms with Crippen LogP contribution in [0.5, 0.6) is 0 Å². The Labute approximate surface area is 219 Å². The first-order valence-electron chi connectivity index (χ1n) is 11.7. The molecular formula is C31H42SiTi-4. The summed E-state index contributed by atoms with van der Waals surface area (Å²) in [5, 5.41) is 0. The molecule has 0 bridgehead atoms. The molecule has 4 rings (SSSR count). The summed E-state index contributed by atoms with van der Waals surface area (Å²) in [6.45, 7) is 25.7. The molecule has 0 fully saturated rings. The fourth-order valence-electron chi connectivity index (χ4n) is 3.54. The van der Waals surface area contributed by atoms with E-state index in [2.05, 4.69) is 125 Å². The van der Waals surface area contributed by atoms with E-state index >= 15 is 0 Å². The number of fused-ring (bicyclic) bond motifs is 3. The minimum atomic E-state index is 0.167. The zero-order valence-electron chi connectivity index (χ0n) is 22.4. The first-order chi connectivity index (χ1) is 15.6. The Morgan fingerprint density at radius 2 is 1.42 bits per heavy atom. The van der Waals surface area contributed by atoms with Crippen molar-refractivity contribution in [1.29, 1.82) is 0 Å². The first-order valence-corrected chi connectivity index (χ1v) is 14.5. The molecule has 0 heterocycles. The van der Waals surface area contributed by atoms with E-state index < -0.39 is 0 Å². The zero-order chi connectivity index (χ0) is 25.8. The van der Waals surface area contributed by atoms with Crippen molar-refractivity contribution < 1.29 is 19.2 Å². The molecule has 2 heteroatoms. The zero-order valence-corrected chi connectivity index (χ0v) is 24.9. The van der Waals surface area contributed by atoms with Crippen LogP contribution < -0.4 is 0 Å². The third-order valence-corrected chi connectivity index (χ3v) is 5.33. The van der Waals surface area contributed by atoms with E-state index in [9.17, 15) is 0 Å². The number of benzene rings is 2. The number of hydrogen-bond donors (Lipinski definition) is 0. The van der Waals surface area contributed by atoms with Crippen LogP contribution in [-0.2, 0) is 36.4 Å². The average molecular weight is 491 g/mol. The van der Waals surface area contributed by atoms with Crippen molar-refractivity contribution in [3.05, 3.63) is 96.3 Å². The Balaban J connectivity index is 0.000000715. The first kappa shape index (κ1) is 31.9. The summed E-state index contributed by atoms with van der Waals surface area (Å²) in [7, 11) is 2.97. The van der Waals surface area contributed by atoms with Crippen molar-refractivity contribution in [3.63, 3.8) is 0 Å². The summed E-state index contributed by atoms with van der Waals surface area (Å²) in [5.74, 6) is 0. The van der Waals surface area contributed by atoms with Crippen molar-refractivity contribution in [2.75, 3.05) is 0 Å². The van der Waals surface area contributed by atoms with Gasteiger partial charge in [0.05, 0.1) is 0 Å². The van der Waals surface area contributed by atoms with E-state index in [1.54, 1.807) is 33.0 Å². The van der Waals surface area contributed by atoms with Gasteiger partial charge in [-0.3, -0.25) is 6.08 Å². The van der Waals surface area contributed by atoms with E-state index in [0.717, 1.165) is 12.8 Å². The minimum absolute atomic E-state index is 0.167. The normalized spacial score (nSPS) is 12.7. The van der Waals surface area contributed by atoms with Crippen LogP contribution in [0.1, 0.15) is 91.0 Å². The summed E-state index contributed by atoms with van der Waals surface area (Å²) in [4.78, 5) is 0. The van der Waals surface area contributed by atoms with Crippen molar-refractivity contribution in [1.82, 2.24) is 0 Å². The second kappa shape index (κ2) is 15.0. The third kappa shape index (κ3) is 9.55. The Bertz CT molecular complexity index is 857. The maximum absolute atomic E-state index is 3.67. The molecule has 0 spiro atoms. The van der Waals surface area contributed by atoms with Crippen LogP contribution in [0.25, 0.3) is 11.1 Å². The SMILES string of the molecule is CC(C)(C)c1[c-]c2c(cc1)-c1ccc(C(C)(C)C)cc1C2.CC1=[C-]CC=C1.[CH2-]C.[CH2-]C.[Si]=[Ti]. The standard InChI is InChI=1S/C21H25.C6H7.2C2H5.Si.Ti/c1-20(2,3)16-7-9-18-14(12-16)11-15-13-17(21(4,5)6)8-10-19(15)18;1-6-4-2-3-5-6;2*1-2;;/h7-10,12H,11H2,1-6H3;2,4H,3H2,1H3;2*1H2,2H3;;/q4*-1;;. The molecule has 2 radical (unpaired) electrons. The molecule has 0 N–H and O–H groups in total. The predicted octanol–water partition coefficient (Wildman–Crippen LogP) is 8.65. The Kier molecular flexibility index (Phi) is 14.5. The summed E-state index contributed by atoms with van der Waals surface area (Å²) < 4.78 is 0. The van der Waals surface area contributed by atoms with Gasteiger partial charge in [-0.25, -0.2) is 11.6 Å². The molecule has 2 aliphatic rings. The molecule has 0 aliphatic heterocycles. The molecule has 0 saturated heterocycles. The van der Waals surface area contributed by atoms with E-state index in [1.807, 2.05) is 0 Å². The van der Waals surface area contributed by atoms with Gasteiger partial charge in [0, 0.05) is 0 Å². The van der Waals surface area contributed by atoms with Crippen molar-refractivity contribution in [2.24, 2.45) is 0 Å². The van der Waals surface area contributed by atoms with Crippen LogP contribution in [-0.4, -0.2) is 7.63 Å². The molecule has 2 aromatic carbocycles. The number of allylic oxidation sites excluding steroid dienone is 4. The van der Waals surface area contributed by atoms with E-state index in [1.165, 1.54) is 39.0 Å². The Morgan fingerprint density at radius 3 is 1.85 bits per heavy atom. The summed E-state index contributed by atoms with van der Waals surface area (Å²) >= 11 is 1.81. The molecule has 2 aliphatic carbocycles. The molecular weight excluding hydrogens is 448 g/mol. The van der Waals surface area contributed by atoms with Gasteiger partial charge in [0.1, 0.15) is 0 Å². The molecule has 0 atom stereocenters. The second-order valence-corrected chi connectivity index (χ2v) is 9.78. The van der Waals surface area contributed by atoms with Crippen molar-refractivity contribution in [2.45, 2.75) is 86.0 Å². The predicted molar refractivity (Wildman–Crippen MR) is 145 cm³/mol. The van der Waals surface area contributed by atoms with Crippen LogP contribution in [0.4, 0.5) is 0 Å². The van der Waals surface area contributed by atoms with E-state index in [0.29, 0.717) is 0 Å². The molecule has 0 nitrogen and oxygen atoms in total. The third-order valence-electron chi connectivity index (χ3n) is 5.33. The van der Waals surface area contributed by atoms with Gasteiger partial charge in [0.25, 0.3) is 0 Å². The van der Waals surface area contributed by atoms with E-state index in [-0.39, 0.29) is 10.8 Å². The summed E-state index contributed by atoms with van der Waals surface area (Å²) in [5.41, 5.74) is 9.98. The summed E-state index contributed by atoms with van der Waals surface area (Å²) in [6.07, 6.45) is 9.36. The number of hydrogen-bond acceptors (Lipinski definition) is 0.